The molecule has 16 heavy (non-hydrogen) atoms. The number of rotatable bonds is 4. The van der Waals surface area contributed by atoms with Gasteiger partial charge in [-0.05, 0) is 42.0 Å². The Balaban J connectivity index is 3.25. The van der Waals surface area contributed by atoms with Crippen LogP contribution < -0.4 is 5.32 Å². The lowest BCUT2D eigenvalue weighted by atomic mass is 9.94. The van der Waals surface area contributed by atoms with Crippen LogP contribution in [-0.4, -0.2) is 11.2 Å². The Kier molecular flexibility index (Phi) is 4.35. The molecule has 0 aliphatic heterocycles. The number of carbonyl (C=O) groups is 1. The van der Waals surface area contributed by atoms with E-state index in [1.807, 2.05) is 12.1 Å². The van der Waals surface area contributed by atoms with E-state index in [0.717, 1.165) is 30.5 Å². The molecular weight excluding hydrogens is 202 g/mol. The fourth-order valence-electron chi connectivity index (χ4n) is 2.15. The van der Waals surface area contributed by atoms with Crippen LogP contribution >= 0.6 is 0 Å². The first kappa shape index (κ1) is 12.6. The van der Waals surface area contributed by atoms with Gasteiger partial charge in [0.15, 0.2) is 0 Å². The number of amides is 1. The molecule has 3 nitrogen and oxygen atoms in total. The van der Waals surface area contributed by atoms with Crippen LogP contribution in [0.25, 0.3) is 0 Å². The van der Waals surface area contributed by atoms with Gasteiger partial charge in [0.05, 0.1) is 0 Å². The van der Waals surface area contributed by atoms with Gasteiger partial charge in [0.1, 0.15) is 0 Å². The second-order valence-corrected chi connectivity index (χ2v) is 3.72. The molecule has 0 heterocycles. The molecule has 0 bridgehead atoms. The van der Waals surface area contributed by atoms with E-state index in [4.69, 9.17) is 5.11 Å². The second kappa shape index (κ2) is 5.54. The SMILES string of the molecule is CCc1ccc(NC(=O)O)c(CC)c1CC. The van der Waals surface area contributed by atoms with E-state index in [2.05, 4.69) is 26.1 Å². The highest BCUT2D eigenvalue weighted by atomic mass is 16.4. The predicted molar refractivity (Wildman–Crippen MR) is 66.2 cm³/mol. The normalized spacial score (nSPS) is 10.2. The van der Waals surface area contributed by atoms with Crippen molar-refractivity contribution >= 4 is 11.8 Å². The third-order valence-electron chi connectivity index (χ3n) is 2.86. The van der Waals surface area contributed by atoms with E-state index in [0.29, 0.717) is 0 Å². The van der Waals surface area contributed by atoms with Crippen molar-refractivity contribution in [3.63, 3.8) is 0 Å². The van der Waals surface area contributed by atoms with Crippen molar-refractivity contribution in [1.29, 1.82) is 0 Å². The van der Waals surface area contributed by atoms with E-state index in [-0.39, 0.29) is 0 Å². The van der Waals surface area contributed by atoms with Gasteiger partial charge in [-0.15, -0.1) is 0 Å². The topological polar surface area (TPSA) is 49.3 Å². The van der Waals surface area contributed by atoms with Crippen molar-refractivity contribution in [2.75, 3.05) is 5.32 Å². The molecule has 2 N–H and O–H groups in total. The molecule has 0 radical (unpaired) electrons. The molecule has 0 atom stereocenters. The fourth-order valence-corrected chi connectivity index (χ4v) is 2.15. The summed E-state index contributed by atoms with van der Waals surface area (Å²) < 4.78 is 0. The summed E-state index contributed by atoms with van der Waals surface area (Å²) in [7, 11) is 0. The van der Waals surface area contributed by atoms with E-state index in [1.165, 1.54) is 11.1 Å². The average molecular weight is 221 g/mol. The summed E-state index contributed by atoms with van der Waals surface area (Å²) in [4.78, 5) is 10.7. The maximum Gasteiger partial charge on any atom is 0.409 e. The summed E-state index contributed by atoms with van der Waals surface area (Å²) in [5, 5.41) is 11.2. The first-order valence-corrected chi connectivity index (χ1v) is 5.77. The molecule has 0 unspecified atom stereocenters. The summed E-state index contributed by atoms with van der Waals surface area (Å²) in [5.41, 5.74) is 4.46. The number of anilines is 1. The van der Waals surface area contributed by atoms with E-state index in [9.17, 15) is 4.79 Å². The van der Waals surface area contributed by atoms with Gasteiger partial charge in [-0.2, -0.15) is 0 Å². The zero-order chi connectivity index (χ0) is 12.1. The Morgan fingerprint density at radius 2 is 1.75 bits per heavy atom. The second-order valence-electron chi connectivity index (χ2n) is 3.72. The number of benzene rings is 1. The van der Waals surface area contributed by atoms with E-state index < -0.39 is 6.09 Å². The van der Waals surface area contributed by atoms with Gasteiger partial charge in [-0.1, -0.05) is 26.8 Å². The Hall–Kier alpha value is -1.51. The van der Waals surface area contributed by atoms with Crippen LogP contribution in [0.2, 0.25) is 0 Å². The lowest BCUT2D eigenvalue weighted by Crippen LogP contribution is -2.11. The summed E-state index contributed by atoms with van der Waals surface area (Å²) in [5.74, 6) is 0. The smallest absolute Gasteiger partial charge is 0.409 e. The molecule has 0 spiro atoms. The van der Waals surface area contributed by atoms with Crippen LogP contribution in [0, 0.1) is 0 Å². The van der Waals surface area contributed by atoms with Gasteiger partial charge in [-0.25, -0.2) is 4.79 Å². The molecule has 1 rings (SSSR count). The third-order valence-corrected chi connectivity index (χ3v) is 2.86. The van der Waals surface area contributed by atoms with Gasteiger partial charge in [-0.3, -0.25) is 5.32 Å². The summed E-state index contributed by atoms with van der Waals surface area (Å²) in [6, 6.07) is 3.88. The van der Waals surface area contributed by atoms with Crippen molar-refractivity contribution in [3.05, 3.63) is 28.8 Å². The van der Waals surface area contributed by atoms with E-state index in [1.54, 1.807) is 0 Å². The maximum atomic E-state index is 10.7. The Morgan fingerprint density at radius 3 is 2.19 bits per heavy atom. The zero-order valence-corrected chi connectivity index (χ0v) is 10.1. The molecule has 0 fully saturated rings. The zero-order valence-electron chi connectivity index (χ0n) is 10.1. The predicted octanol–water partition coefficient (Wildman–Crippen LogP) is 3.46. The number of hydrogen-bond donors (Lipinski definition) is 2. The van der Waals surface area contributed by atoms with Crippen LogP contribution in [0.5, 0.6) is 0 Å². The standard InChI is InChI=1S/C13H19NO2/c1-4-9-7-8-12(14-13(15)16)11(6-3)10(9)5-2/h7-8,14H,4-6H2,1-3H3,(H,15,16). The maximum absolute atomic E-state index is 10.7. The van der Waals surface area contributed by atoms with Gasteiger partial charge in [0.2, 0.25) is 0 Å². The van der Waals surface area contributed by atoms with Crippen molar-refractivity contribution < 1.29 is 9.90 Å². The minimum absolute atomic E-state index is 0.726. The number of hydrogen-bond acceptors (Lipinski definition) is 1. The molecule has 0 saturated heterocycles. The van der Waals surface area contributed by atoms with Gasteiger partial charge < -0.3 is 5.11 Å². The van der Waals surface area contributed by atoms with Crippen molar-refractivity contribution in [3.8, 4) is 0 Å². The molecule has 1 amide bonds. The molecule has 1 aromatic rings. The van der Waals surface area contributed by atoms with Crippen LogP contribution in [0.4, 0.5) is 10.5 Å². The monoisotopic (exact) mass is 221 g/mol. The Labute approximate surface area is 96.5 Å². The number of nitrogens with one attached hydrogen (secondary N) is 1. The molecule has 88 valence electrons. The summed E-state index contributed by atoms with van der Waals surface area (Å²) in [6.45, 7) is 6.29. The van der Waals surface area contributed by atoms with Crippen LogP contribution in [0.1, 0.15) is 37.5 Å². The Bertz CT molecular complexity index is 386. The third kappa shape index (κ3) is 2.54. The minimum atomic E-state index is -0.999. The molecule has 1 aromatic carbocycles. The molecule has 0 aliphatic carbocycles. The minimum Gasteiger partial charge on any atom is -0.465 e. The quantitative estimate of drug-likeness (QED) is 0.818. The molecule has 0 aromatic heterocycles. The highest BCUT2D eigenvalue weighted by Crippen LogP contribution is 2.25. The molecule has 3 heteroatoms. The number of aryl methyl sites for hydroxylation is 1. The van der Waals surface area contributed by atoms with Crippen LogP contribution in [0.3, 0.4) is 0 Å². The summed E-state index contributed by atoms with van der Waals surface area (Å²) >= 11 is 0. The lowest BCUT2D eigenvalue weighted by Gasteiger charge is -2.16. The summed E-state index contributed by atoms with van der Waals surface area (Å²) in [6.07, 6.45) is 1.79. The van der Waals surface area contributed by atoms with Gasteiger partial charge in [0.25, 0.3) is 0 Å². The van der Waals surface area contributed by atoms with Crippen LogP contribution in [-0.2, 0) is 19.3 Å². The highest BCUT2D eigenvalue weighted by Gasteiger charge is 2.11. The van der Waals surface area contributed by atoms with Crippen molar-refractivity contribution in [2.24, 2.45) is 0 Å². The van der Waals surface area contributed by atoms with Gasteiger partial charge in [0, 0.05) is 5.69 Å². The van der Waals surface area contributed by atoms with Crippen molar-refractivity contribution in [1.82, 2.24) is 0 Å². The first-order valence-electron chi connectivity index (χ1n) is 5.77. The largest absolute Gasteiger partial charge is 0.465 e. The first-order chi connectivity index (χ1) is 7.63. The highest BCUT2D eigenvalue weighted by molar-refractivity contribution is 5.84. The van der Waals surface area contributed by atoms with Crippen molar-refractivity contribution in [2.45, 2.75) is 40.0 Å². The van der Waals surface area contributed by atoms with Gasteiger partial charge >= 0.3 is 6.09 Å². The molecule has 0 aliphatic rings. The average Bonchev–Trinajstić information content (AvgIpc) is 2.27. The number of carboxylic acid groups (broad SMARTS) is 1. The molecule has 0 saturated carbocycles. The molecular formula is C13H19NO2. The fraction of sp³-hybridized carbons (Fsp3) is 0.462. The lowest BCUT2D eigenvalue weighted by molar-refractivity contribution is 0.209. The van der Waals surface area contributed by atoms with E-state index >= 15 is 0 Å². The van der Waals surface area contributed by atoms with Crippen LogP contribution in [0.15, 0.2) is 12.1 Å². The Morgan fingerprint density at radius 1 is 1.12 bits per heavy atom.